The van der Waals surface area contributed by atoms with Crippen molar-refractivity contribution >= 4 is 5.71 Å². The molecule has 0 aromatic carbocycles. The first-order valence-corrected chi connectivity index (χ1v) is 5.87. The fraction of sp³-hybridized carbons (Fsp3) is 0.643. The van der Waals surface area contributed by atoms with E-state index in [2.05, 4.69) is 44.8 Å². The summed E-state index contributed by atoms with van der Waals surface area (Å²) < 4.78 is 0. The highest BCUT2D eigenvalue weighted by Crippen LogP contribution is 2.30. The third-order valence-electron chi connectivity index (χ3n) is 2.87. The van der Waals surface area contributed by atoms with Crippen molar-refractivity contribution in [1.29, 1.82) is 0 Å². The molecule has 0 aliphatic heterocycles. The summed E-state index contributed by atoms with van der Waals surface area (Å²) in [6.45, 7) is 8.96. The van der Waals surface area contributed by atoms with E-state index in [1.165, 1.54) is 16.9 Å². The number of hydrogen-bond acceptors (Lipinski definition) is 1. The molecule has 1 rings (SSSR count). The van der Waals surface area contributed by atoms with Crippen LogP contribution in [0.25, 0.3) is 0 Å². The average Bonchev–Trinajstić information content (AvgIpc) is 2.17. The molecule has 0 saturated heterocycles. The molecular weight excluding hydrogens is 182 g/mol. The number of nitrogens with zero attached hydrogens (tertiary/aromatic N) is 1. The maximum Gasteiger partial charge on any atom is 0.0433 e. The summed E-state index contributed by atoms with van der Waals surface area (Å²) in [5.41, 5.74) is 4.39. The molecular formula is C14H23N. The molecule has 0 aromatic heterocycles. The molecule has 1 heteroatoms. The normalized spacial score (nSPS) is 18.6. The van der Waals surface area contributed by atoms with E-state index in [4.69, 9.17) is 0 Å². The van der Waals surface area contributed by atoms with Gasteiger partial charge >= 0.3 is 0 Å². The summed E-state index contributed by atoms with van der Waals surface area (Å²) >= 11 is 0. The molecule has 15 heavy (non-hydrogen) atoms. The van der Waals surface area contributed by atoms with E-state index in [0.717, 1.165) is 19.3 Å². The third kappa shape index (κ3) is 2.80. The minimum absolute atomic E-state index is 0.162. The van der Waals surface area contributed by atoms with Crippen LogP contribution in [0.1, 0.15) is 47.0 Å². The molecule has 0 fully saturated rings. The maximum atomic E-state index is 4.51. The van der Waals surface area contributed by atoms with Gasteiger partial charge in [0, 0.05) is 18.2 Å². The lowest BCUT2D eigenvalue weighted by Crippen LogP contribution is -2.24. The largest absolute Gasteiger partial charge is 0.292 e. The van der Waals surface area contributed by atoms with Crippen LogP contribution in [0.3, 0.4) is 0 Å². The van der Waals surface area contributed by atoms with Crippen LogP contribution in [0.4, 0.5) is 0 Å². The molecule has 0 atom stereocenters. The monoisotopic (exact) mass is 205 g/mol. The Hall–Kier alpha value is -0.850. The summed E-state index contributed by atoms with van der Waals surface area (Å²) in [4.78, 5) is 4.51. The number of rotatable bonds is 2. The predicted octanol–water partition coefficient (Wildman–Crippen LogP) is 4.16. The quantitative estimate of drug-likeness (QED) is 0.600. The fourth-order valence-electron chi connectivity index (χ4n) is 2.24. The van der Waals surface area contributed by atoms with Crippen molar-refractivity contribution in [2.45, 2.75) is 47.0 Å². The highest BCUT2D eigenvalue weighted by molar-refractivity contribution is 6.04. The molecule has 0 unspecified atom stereocenters. The zero-order valence-corrected chi connectivity index (χ0v) is 10.7. The highest BCUT2D eigenvalue weighted by Gasteiger charge is 2.23. The molecule has 84 valence electrons. The van der Waals surface area contributed by atoms with Gasteiger partial charge in [0.25, 0.3) is 0 Å². The summed E-state index contributed by atoms with van der Waals surface area (Å²) in [7, 11) is 1.92. The van der Waals surface area contributed by atoms with Gasteiger partial charge in [-0.2, -0.15) is 0 Å². The smallest absolute Gasteiger partial charge is 0.0433 e. The maximum absolute atomic E-state index is 4.51. The first-order chi connectivity index (χ1) is 7.00. The van der Waals surface area contributed by atoms with Crippen LogP contribution in [0.15, 0.2) is 28.3 Å². The second kappa shape index (κ2) is 4.78. The van der Waals surface area contributed by atoms with E-state index >= 15 is 0 Å². The Balaban J connectivity index is 3.13. The van der Waals surface area contributed by atoms with Crippen molar-refractivity contribution < 1.29 is 0 Å². The van der Waals surface area contributed by atoms with Gasteiger partial charge in [-0.1, -0.05) is 39.8 Å². The van der Waals surface area contributed by atoms with E-state index in [-0.39, 0.29) is 5.41 Å². The molecule has 0 N–H and O–H groups in total. The van der Waals surface area contributed by atoms with Crippen LogP contribution in [-0.2, 0) is 0 Å². The van der Waals surface area contributed by atoms with Crippen molar-refractivity contribution in [2.75, 3.05) is 7.05 Å². The molecule has 0 aromatic rings. The Morgan fingerprint density at radius 1 is 1.40 bits per heavy atom. The summed E-state index contributed by atoms with van der Waals surface area (Å²) in [5.74, 6) is 0. The van der Waals surface area contributed by atoms with E-state index in [9.17, 15) is 0 Å². The van der Waals surface area contributed by atoms with Crippen molar-refractivity contribution in [2.24, 2.45) is 10.4 Å². The third-order valence-corrected chi connectivity index (χ3v) is 2.87. The fourth-order valence-corrected chi connectivity index (χ4v) is 2.24. The molecule has 1 aliphatic carbocycles. The molecule has 0 saturated carbocycles. The van der Waals surface area contributed by atoms with Gasteiger partial charge < -0.3 is 0 Å². The standard InChI is InChI=1S/C14H23N/c1-6-11-9-7-8-10-12(11)13(15-5)14(2,3)4/h7,9H,6,8,10H2,1-5H3. The van der Waals surface area contributed by atoms with E-state index < -0.39 is 0 Å². The van der Waals surface area contributed by atoms with Crippen LogP contribution in [0.5, 0.6) is 0 Å². The summed E-state index contributed by atoms with van der Waals surface area (Å²) in [6.07, 6.45) is 7.98. The number of hydrogen-bond donors (Lipinski definition) is 0. The van der Waals surface area contributed by atoms with E-state index in [0.29, 0.717) is 0 Å². The minimum atomic E-state index is 0.162. The Bertz CT molecular complexity index is 311. The number of allylic oxidation sites excluding steroid dienone is 4. The molecule has 0 spiro atoms. The van der Waals surface area contributed by atoms with E-state index in [1.54, 1.807) is 0 Å². The highest BCUT2D eigenvalue weighted by atomic mass is 14.7. The SMILES string of the molecule is CCC1=C(C(=NC)C(C)(C)C)CCC=C1. The topological polar surface area (TPSA) is 12.4 Å². The van der Waals surface area contributed by atoms with Crippen LogP contribution >= 0.6 is 0 Å². The lowest BCUT2D eigenvalue weighted by atomic mass is 9.80. The second-order valence-electron chi connectivity index (χ2n) is 5.12. The van der Waals surface area contributed by atoms with Crippen molar-refractivity contribution in [3.05, 3.63) is 23.3 Å². The van der Waals surface area contributed by atoms with E-state index in [1.807, 2.05) is 7.05 Å². The van der Waals surface area contributed by atoms with Crippen molar-refractivity contribution in [1.82, 2.24) is 0 Å². The molecule has 0 bridgehead atoms. The van der Waals surface area contributed by atoms with Gasteiger partial charge in [-0.05, 0) is 30.4 Å². The Labute approximate surface area is 94.0 Å². The van der Waals surface area contributed by atoms with Gasteiger partial charge in [0.2, 0.25) is 0 Å². The van der Waals surface area contributed by atoms with Crippen LogP contribution in [0.2, 0.25) is 0 Å². The first kappa shape index (κ1) is 12.2. The molecule has 0 amide bonds. The Morgan fingerprint density at radius 3 is 2.53 bits per heavy atom. The minimum Gasteiger partial charge on any atom is -0.292 e. The van der Waals surface area contributed by atoms with Crippen molar-refractivity contribution in [3.8, 4) is 0 Å². The molecule has 0 radical (unpaired) electrons. The lowest BCUT2D eigenvalue weighted by Gasteiger charge is -2.26. The predicted molar refractivity (Wildman–Crippen MR) is 68.5 cm³/mol. The average molecular weight is 205 g/mol. The first-order valence-electron chi connectivity index (χ1n) is 5.87. The summed E-state index contributed by atoms with van der Waals surface area (Å²) in [5, 5.41) is 0. The van der Waals surface area contributed by atoms with Gasteiger partial charge in [-0.15, -0.1) is 0 Å². The molecule has 0 heterocycles. The van der Waals surface area contributed by atoms with Gasteiger partial charge in [0.15, 0.2) is 0 Å². The summed E-state index contributed by atoms with van der Waals surface area (Å²) in [6, 6.07) is 0. The van der Waals surface area contributed by atoms with Gasteiger partial charge in [0.05, 0.1) is 0 Å². The lowest BCUT2D eigenvalue weighted by molar-refractivity contribution is 0.586. The van der Waals surface area contributed by atoms with Crippen LogP contribution in [-0.4, -0.2) is 12.8 Å². The van der Waals surface area contributed by atoms with Crippen LogP contribution in [0, 0.1) is 5.41 Å². The molecule has 1 nitrogen and oxygen atoms in total. The van der Waals surface area contributed by atoms with Gasteiger partial charge in [-0.3, -0.25) is 4.99 Å². The van der Waals surface area contributed by atoms with Crippen LogP contribution < -0.4 is 0 Å². The zero-order chi connectivity index (χ0) is 11.5. The van der Waals surface area contributed by atoms with Crippen molar-refractivity contribution in [3.63, 3.8) is 0 Å². The van der Waals surface area contributed by atoms with Gasteiger partial charge in [0.1, 0.15) is 0 Å². The second-order valence-corrected chi connectivity index (χ2v) is 5.12. The Morgan fingerprint density at radius 2 is 2.07 bits per heavy atom. The number of aliphatic imine (C=N–C) groups is 1. The molecule has 1 aliphatic rings. The Kier molecular flexibility index (Phi) is 3.90. The zero-order valence-electron chi connectivity index (χ0n) is 10.7. The van der Waals surface area contributed by atoms with Gasteiger partial charge in [-0.25, -0.2) is 0 Å².